The number of hydrogen-bond acceptors (Lipinski definition) is 4. The summed E-state index contributed by atoms with van der Waals surface area (Å²) in [6.45, 7) is 9.80. The molecule has 0 bridgehead atoms. The highest BCUT2D eigenvalue weighted by atomic mass is 32.2. The maximum atomic E-state index is 12.5. The van der Waals surface area contributed by atoms with Crippen LogP contribution in [0.15, 0.2) is 53.4 Å². The Morgan fingerprint density at radius 1 is 0.909 bits per heavy atom. The van der Waals surface area contributed by atoms with Crippen molar-refractivity contribution in [1.29, 1.82) is 0 Å². The van der Waals surface area contributed by atoms with Gasteiger partial charge in [-0.2, -0.15) is 0 Å². The molecule has 0 aromatic heterocycles. The minimum absolute atomic E-state index is 0.0145. The summed E-state index contributed by atoms with van der Waals surface area (Å²) in [6.07, 6.45) is 1.09. The first-order chi connectivity index (χ1) is 15.5. The number of rotatable bonds is 11. The lowest BCUT2D eigenvalue weighted by molar-refractivity contribution is -0.122. The molecule has 3 N–H and O–H groups in total. The Morgan fingerprint density at radius 3 is 2.00 bits per heavy atom. The Bertz CT molecular complexity index is 1030. The molecule has 0 saturated heterocycles. The van der Waals surface area contributed by atoms with Crippen LogP contribution in [0.4, 0.5) is 5.69 Å². The van der Waals surface area contributed by atoms with Gasteiger partial charge in [-0.15, -0.1) is 0 Å². The Balaban J connectivity index is 1.93. The van der Waals surface area contributed by atoms with Crippen LogP contribution in [0.2, 0.25) is 0 Å². The van der Waals surface area contributed by atoms with Crippen LogP contribution in [-0.4, -0.2) is 26.8 Å². The standard InChI is InChI=1S/C25H35N3O4S/c1-6-18(4)20-7-9-21(10-8-20)25(17(2)3)28-24(30)15-16-26-33(31,32)23-13-11-22(12-14-23)27-19(5)29/h7-14,17-18,25-26H,6,15-16H2,1-5H3,(H,27,29)(H,28,30)/t18-,25-/m0/s1. The summed E-state index contributed by atoms with van der Waals surface area (Å²) >= 11 is 0. The summed E-state index contributed by atoms with van der Waals surface area (Å²) in [5.41, 5.74) is 2.82. The molecule has 8 heteroatoms. The number of carbonyl (C=O) groups is 2. The van der Waals surface area contributed by atoms with E-state index in [0.717, 1.165) is 12.0 Å². The molecule has 0 unspecified atom stereocenters. The monoisotopic (exact) mass is 473 g/mol. The fourth-order valence-corrected chi connectivity index (χ4v) is 4.48. The normalized spacial score (nSPS) is 13.4. The molecule has 180 valence electrons. The quantitative estimate of drug-likeness (QED) is 0.451. The molecular weight excluding hydrogens is 438 g/mol. The van der Waals surface area contributed by atoms with Crippen molar-refractivity contribution >= 4 is 27.5 Å². The maximum Gasteiger partial charge on any atom is 0.240 e. The van der Waals surface area contributed by atoms with Gasteiger partial charge in [0.2, 0.25) is 21.8 Å². The Kier molecular flexibility index (Phi) is 9.61. The molecule has 7 nitrogen and oxygen atoms in total. The molecule has 2 aromatic rings. The third-order valence-electron chi connectivity index (χ3n) is 5.59. The highest BCUT2D eigenvalue weighted by Crippen LogP contribution is 2.25. The first-order valence-corrected chi connectivity index (χ1v) is 12.8. The van der Waals surface area contributed by atoms with Gasteiger partial charge < -0.3 is 10.6 Å². The highest BCUT2D eigenvalue weighted by Gasteiger charge is 2.20. The predicted molar refractivity (Wildman–Crippen MR) is 131 cm³/mol. The van der Waals surface area contributed by atoms with Gasteiger partial charge in [-0.25, -0.2) is 13.1 Å². The van der Waals surface area contributed by atoms with Gasteiger partial charge in [0, 0.05) is 25.6 Å². The fourth-order valence-electron chi connectivity index (χ4n) is 3.45. The highest BCUT2D eigenvalue weighted by molar-refractivity contribution is 7.89. The van der Waals surface area contributed by atoms with Gasteiger partial charge in [0.05, 0.1) is 10.9 Å². The summed E-state index contributed by atoms with van der Waals surface area (Å²) in [6, 6.07) is 14.0. The Hall–Kier alpha value is -2.71. The number of benzene rings is 2. The average Bonchev–Trinajstić information content (AvgIpc) is 2.76. The Labute approximate surface area is 197 Å². The SMILES string of the molecule is CC[C@H](C)c1ccc([C@@H](NC(=O)CCNS(=O)(=O)c2ccc(NC(C)=O)cc2)C(C)C)cc1. The van der Waals surface area contributed by atoms with Crippen LogP contribution in [-0.2, 0) is 19.6 Å². The molecule has 33 heavy (non-hydrogen) atoms. The van der Waals surface area contributed by atoms with E-state index in [9.17, 15) is 18.0 Å². The van der Waals surface area contributed by atoms with Crippen molar-refractivity contribution in [2.45, 2.75) is 64.3 Å². The van der Waals surface area contributed by atoms with E-state index in [0.29, 0.717) is 11.6 Å². The second-order valence-electron chi connectivity index (χ2n) is 8.62. The molecule has 0 aliphatic carbocycles. The van der Waals surface area contributed by atoms with Crippen molar-refractivity contribution in [2.24, 2.45) is 5.92 Å². The van der Waals surface area contributed by atoms with Crippen LogP contribution in [0.3, 0.4) is 0 Å². The number of anilines is 1. The second-order valence-corrected chi connectivity index (χ2v) is 10.4. The van der Waals surface area contributed by atoms with E-state index in [1.165, 1.54) is 36.8 Å². The smallest absolute Gasteiger partial charge is 0.240 e. The fraction of sp³-hybridized carbons (Fsp3) is 0.440. The molecule has 0 saturated carbocycles. The van der Waals surface area contributed by atoms with Gasteiger partial charge in [0.1, 0.15) is 0 Å². The molecule has 2 rings (SSSR count). The second kappa shape index (κ2) is 12.0. The molecule has 2 amide bonds. The van der Waals surface area contributed by atoms with E-state index in [1.54, 1.807) is 0 Å². The van der Waals surface area contributed by atoms with E-state index in [4.69, 9.17) is 0 Å². The van der Waals surface area contributed by atoms with Gasteiger partial charge in [0.15, 0.2) is 0 Å². The molecule has 0 fully saturated rings. The Morgan fingerprint density at radius 2 is 1.48 bits per heavy atom. The molecule has 2 aromatic carbocycles. The van der Waals surface area contributed by atoms with Crippen molar-refractivity contribution in [3.8, 4) is 0 Å². The lowest BCUT2D eigenvalue weighted by Crippen LogP contribution is -2.34. The number of nitrogens with one attached hydrogen (secondary N) is 3. The molecule has 0 heterocycles. The number of amides is 2. The maximum absolute atomic E-state index is 12.5. The van der Waals surface area contributed by atoms with Crippen LogP contribution in [0.5, 0.6) is 0 Å². The minimum Gasteiger partial charge on any atom is -0.349 e. The molecule has 0 radical (unpaired) electrons. The zero-order valence-electron chi connectivity index (χ0n) is 20.0. The minimum atomic E-state index is -3.76. The molecular formula is C25H35N3O4S. The van der Waals surface area contributed by atoms with Gasteiger partial charge >= 0.3 is 0 Å². The van der Waals surface area contributed by atoms with E-state index < -0.39 is 10.0 Å². The van der Waals surface area contributed by atoms with Crippen molar-refractivity contribution in [3.05, 3.63) is 59.7 Å². The van der Waals surface area contributed by atoms with Gasteiger partial charge in [0.25, 0.3) is 0 Å². The largest absolute Gasteiger partial charge is 0.349 e. The molecule has 2 atom stereocenters. The summed E-state index contributed by atoms with van der Waals surface area (Å²) < 4.78 is 27.4. The topological polar surface area (TPSA) is 104 Å². The van der Waals surface area contributed by atoms with E-state index in [2.05, 4.69) is 53.5 Å². The number of carbonyl (C=O) groups excluding carboxylic acids is 2. The summed E-state index contributed by atoms with van der Waals surface area (Å²) in [4.78, 5) is 23.7. The lowest BCUT2D eigenvalue weighted by atomic mass is 9.92. The summed E-state index contributed by atoms with van der Waals surface area (Å²) in [7, 11) is -3.76. The summed E-state index contributed by atoms with van der Waals surface area (Å²) in [5.74, 6) is 0.215. The van der Waals surface area contributed by atoms with Crippen LogP contribution in [0.1, 0.15) is 70.5 Å². The average molecular weight is 474 g/mol. The first-order valence-electron chi connectivity index (χ1n) is 11.3. The van der Waals surface area contributed by atoms with Gasteiger partial charge in [-0.3, -0.25) is 9.59 Å². The van der Waals surface area contributed by atoms with Crippen LogP contribution >= 0.6 is 0 Å². The lowest BCUT2D eigenvalue weighted by Gasteiger charge is -2.23. The third kappa shape index (κ3) is 7.98. The zero-order chi connectivity index (χ0) is 24.6. The summed E-state index contributed by atoms with van der Waals surface area (Å²) in [5, 5.41) is 5.62. The zero-order valence-corrected chi connectivity index (χ0v) is 20.8. The van der Waals surface area contributed by atoms with E-state index in [-0.39, 0.29) is 41.6 Å². The number of sulfonamides is 1. The first kappa shape index (κ1) is 26.5. The van der Waals surface area contributed by atoms with E-state index in [1.807, 2.05) is 13.8 Å². The van der Waals surface area contributed by atoms with Crippen molar-refractivity contribution in [2.75, 3.05) is 11.9 Å². The molecule has 0 aliphatic rings. The van der Waals surface area contributed by atoms with Crippen LogP contribution < -0.4 is 15.4 Å². The predicted octanol–water partition coefficient (Wildman–Crippen LogP) is 4.34. The van der Waals surface area contributed by atoms with Crippen molar-refractivity contribution < 1.29 is 18.0 Å². The third-order valence-corrected chi connectivity index (χ3v) is 7.07. The van der Waals surface area contributed by atoms with Crippen molar-refractivity contribution in [1.82, 2.24) is 10.0 Å². The molecule has 0 spiro atoms. The molecule has 0 aliphatic heterocycles. The van der Waals surface area contributed by atoms with Gasteiger partial charge in [-0.1, -0.05) is 52.0 Å². The van der Waals surface area contributed by atoms with Crippen molar-refractivity contribution in [3.63, 3.8) is 0 Å². The number of hydrogen-bond donors (Lipinski definition) is 3. The van der Waals surface area contributed by atoms with E-state index >= 15 is 0 Å². The van der Waals surface area contributed by atoms with Gasteiger partial charge in [-0.05, 0) is 53.6 Å². The van der Waals surface area contributed by atoms with Crippen LogP contribution in [0, 0.1) is 5.92 Å². The van der Waals surface area contributed by atoms with Crippen LogP contribution in [0.25, 0.3) is 0 Å².